The molecule has 1 amide bonds. The van der Waals surface area contributed by atoms with Crippen molar-refractivity contribution in [2.75, 3.05) is 5.32 Å². The van der Waals surface area contributed by atoms with Crippen LogP contribution in [0.15, 0.2) is 50.0 Å². The van der Waals surface area contributed by atoms with E-state index < -0.39 is 23.6 Å². The zero-order chi connectivity index (χ0) is 23.0. The summed E-state index contributed by atoms with van der Waals surface area (Å²) in [4.78, 5) is 35.7. The quantitative estimate of drug-likeness (QED) is 0.433. The SMILES string of the molecule is CC(OC(=O)Nc1ocnc1C#Cc1nc2oc(C3(C(=O)O)CC3)nc2o1)c1ccccc1. The monoisotopic (exact) mass is 448 g/mol. The molecule has 5 rings (SSSR count). The van der Waals surface area contributed by atoms with E-state index in [2.05, 4.69) is 32.1 Å². The summed E-state index contributed by atoms with van der Waals surface area (Å²) in [5.41, 5.74) is -0.0162. The van der Waals surface area contributed by atoms with Gasteiger partial charge >= 0.3 is 12.1 Å². The van der Waals surface area contributed by atoms with E-state index in [-0.39, 0.29) is 34.8 Å². The first-order valence-electron chi connectivity index (χ1n) is 9.94. The van der Waals surface area contributed by atoms with Crippen molar-refractivity contribution in [2.24, 2.45) is 0 Å². The zero-order valence-electron chi connectivity index (χ0n) is 17.2. The van der Waals surface area contributed by atoms with E-state index in [4.69, 9.17) is 18.0 Å². The molecule has 0 radical (unpaired) electrons. The lowest BCUT2D eigenvalue weighted by Crippen LogP contribution is -2.19. The number of aromatic nitrogens is 3. The highest BCUT2D eigenvalue weighted by Gasteiger charge is 2.56. The minimum absolute atomic E-state index is 0.000509. The number of carbonyl (C=O) groups excluding carboxylic acids is 1. The molecular weight excluding hydrogens is 432 g/mol. The number of aliphatic carboxylic acids is 1. The lowest BCUT2D eigenvalue weighted by atomic mass is 10.1. The van der Waals surface area contributed by atoms with E-state index in [1.807, 2.05) is 30.3 Å². The maximum Gasteiger partial charge on any atom is 0.414 e. The fourth-order valence-electron chi connectivity index (χ4n) is 3.16. The normalized spacial score (nSPS) is 14.8. The molecule has 11 heteroatoms. The second-order valence-electron chi connectivity index (χ2n) is 7.40. The molecule has 166 valence electrons. The summed E-state index contributed by atoms with van der Waals surface area (Å²) in [6.45, 7) is 1.75. The van der Waals surface area contributed by atoms with Crippen LogP contribution in [-0.2, 0) is 14.9 Å². The topological polar surface area (TPSA) is 154 Å². The highest BCUT2D eigenvalue weighted by Crippen LogP contribution is 2.48. The smallest absolute Gasteiger partial charge is 0.414 e. The van der Waals surface area contributed by atoms with Crippen LogP contribution in [0.3, 0.4) is 0 Å². The number of carbonyl (C=O) groups is 2. The van der Waals surface area contributed by atoms with Gasteiger partial charge in [-0.25, -0.2) is 9.78 Å². The molecule has 1 fully saturated rings. The van der Waals surface area contributed by atoms with Crippen molar-refractivity contribution >= 4 is 29.4 Å². The van der Waals surface area contributed by atoms with Crippen molar-refractivity contribution in [2.45, 2.75) is 31.3 Å². The number of carboxylic acids is 1. The summed E-state index contributed by atoms with van der Waals surface area (Å²) >= 11 is 0. The van der Waals surface area contributed by atoms with Gasteiger partial charge in [-0.05, 0) is 31.2 Å². The number of rotatable bonds is 5. The van der Waals surface area contributed by atoms with Gasteiger partial charge in [0.2, 0.25) is 11.8 Å². The highest BCUT2D eigenvalue weighted by molar-refractivity contribution is 5.85. The predicted octanol–water partition coefficient (Wildman–Crippen LogP) is 3.63. The number of nitrogens with one attached hydrogen (secondary N) is 1. The minimum Gasteiger partial charge on any atom is -0.480 e. The van der Waals surface area contributed by atoms with Crippen molar-refractivity contribution in [3.05, 3.63) is 59.8 Å². The molecule has 1 aliphatic carbocycles. The van der Waals surface area contributed by atoms with Gasteiger partial charge in [0.1, 0.15) is 11.5 Å². The Kier molecular flexibility index (Phi) is 4.82. The summed E-state index contributed by atoms with van der Waals surface area (Å²) in [7, 11) is 0. The van der Waals surface area contributed by atoms with Crippen LogP contribution in [0.2, 0.25) is 0 Å². The van der Waals surface area contributed by atoms with Gasteiger partial charge in [0.25, 0.3) is 17.3 Å². The molecule has 3 aromatic heterocycles. The van der Waals surface area contributed by atoms with Gasteiger partial charge in [-0.1, -0.05) is 30.3 Å². The summed E-state index contributed by atoms with van der Waals surface area (Å²) in [5.74, 6) is 4.39. The Morgan fingerprint density at radius 2 is 1.91 bits per heavy atom. The van der Waals surface area contributed by atoms with Gasteiger partial charge in [-0.2, -0.15) is 9.97 Å². The Morgan fingerprint density at radius 3 is 2.61 bits per heavy atom. The van der Waals surface area contributed by atoms with Crippen LogP contribution in [0.5, 0.6) is 0 Å². The predicted molar refractivity (Wildman–Crippen MR) is 110 cm³/mol. The number of fused-ring (bicyclic) bond motifs is 1. The van der Waals surface area contributed by atoms with Gasteiger partial charge in [-0.15, -0.1) is 0 Å². The van der Waals surface area contributed by atoms with E-state index in [0.29, 0.717) is 12.8 Å². The molecule has 33 heavy (non-hydrogen) atoms. The first kappa shape index (κ1) is 20.3. The van der Waals surface area contributed by atoms with Crippen LogP contribution >= 0.6 is 0 Å². The largest absolute Gasteiger partial charge is 0.480 e. The molecule has 3 heterocycles. The molecule has 0 bridgehead atoms. The maximum atomic E-state index is 12.2. The molecule has 0 saturated heterocycles. The maximum absolute atomic E-state index is 12.2. The van der Waals surface area contributed by atoms with Gasteiger partial charge in [0, 0.05) is 5.92 Å². The van der Waals surface area contributed by atoms with Crippen LogP contribution in [0.25, 0.3) is 11.4 Å². The number of amides is 1. The number of ether oxygens (including phenoxy) is 1. The number of hydrogen-bond donors (Lipinski definition) is 2. The first-order chi connectivity index (χ1) is 15.9. The Hall–Kier alpha value is -4.59. The van der Waals surface area contributed by atoms with Crippen LogP contribution in [0.4, 0.5) is 10.7 Å². The standard InChI is InChI=1S/C22H16N4O7/c1-12(13-5-3-2-4-6-13)31-21(29)26-16-14(23-11-30-16)7-8-15-24-17-18(32-15)25-19(33-17)22(9-10-22)20(27)28/h2-6,11-12H,9-10H2,1H3,(H,26,29)(H,27,28). The average Bonchev–Trinajstić information content (AvgIpc) is 3.12. The molecule has 1 unspecified atom stereocenters. The molecule has 4 aromatic rings. The Balaban J connectivity index is 1.27. The Morgan fingerprint density at radius 1 is 1.15 bits per heavy atom. The van der Waals surface area contributed by atoms with E-state index >= 15 is 0 Å². The van der Waals surface area contributed by atoms with Gasteiger partial charge < -0.3 is 23.1 Å². The molecule has 1 atom stereocenters. The Labute approximate surface area is 185 Å². The van der Waals surface area contributed by atoms with Gasteiger partial charge in [0.05, 0.1) is 0 Å². The summed E-state index contributed by atoms with van der Waals surface area (Å²) < 4.78 is 21.4. The number of nitrogens with zero attached hydrogens (tertiary/aromatic N) is 3. The van der Waals surface area contributed by atoms with Crippen LogP contribution in [-0.4, -0.2) is 32.1 Å². The second kappa shape index (κ2) is 7.83. The van der Waals surface area contributed by atoms with Crippen LogP contribution in [0, 0.1) is 11.8 Å². The third kappa shape index (κ3) is 3.89. The number of benzene rings is 1. The number of hydrogen-bond acceptors (Lipinski definition) is 9. The Bertz CT molecular complexity index is 1370. The average molecular weight is 448 g/mol. The number of anilines is 1. The molecule has 0 aliphatic heterocycles. The first-order valence-corrected chi connectivity index (χ1v) is 9.94. The molecule has 2 N–H and O–H groups in total. The minimum atomic E-state index is -1.09. The van der Waals surface area contributed by atoms with Gasteiger partial charge in [-0.3, -0.25) is 10.1 Å². The van der Waals surface area contributed by atoms with Crippen molar-refractivity contribution in [3.63, 3.8) is 0 Å². The summed E-state index contributed by atoms with van der Waals surface area (Å²) in [5, 5.41) is 11.8. The van der Waals surface area contributed by atoms with Crippen molar-refractivity contribution in [3.8, 4) is 11.8 Å². The highest BCUT2D eigenvalue weighted by atomic mass is 16.6. The summed E-state index contributed by atoms with van der Waals surface area (Å²) in [6.07, 6.45) is 0.819. The zero-order valence-corrected chi connectivity index (χ0v) is 17.2. The molecule has 1 aromatic carbocycles. The van der Waals surface area contributed by atoms with Crippen LogP contribution < -0.4 is 5.32 Å². The van der Waals surface area contributed by atoms with E-state index in [9.17, 15) is 14.7 Å². The molecular formula is C22H16N4O7. The lowest BCUT2D eigenvalue weighted by Gasteiger charge is -2.13. The fraction of sp³-hybridized carbons (Fsp3) is 0.227. The third-order valence-electron chi connectivity index (χ3n) is 5.17. The van der Waals surface area contributed by atoms with Gasteiger partial charge in [0.15, 0.2) is 12.1 Å². The molecule has 0 spiro atoms. The lowest BCUT2D eigenvalue weighted by molar-refractivity contribution is -0.140. The molecule has 1 aliphatic rings. The third-order valence-corrected chi connectivity index (χ3v) is 5.17. The van der Waals surface area contributed by atoms with Crippen molar-refractivity contribution < 1.29 is 32.7 Å². The fourth-order valence-corrected chi connectivity index (χ4v) is 3.16. The van der Waals surface area contributed by atoms with E-state index in [1.54, 1.807) is 6.92 Å². The second-order valence-corrected chi connectivity index (χ2v) is 7.40. The van der Waals surface area contributed by atoms with Crippen LogP contribution in [0.1, 0.15) is 48.9 Å². The molecule has 11 nitrogen and oxygen atoms in total. The van der Waals surface area contributed by atoms with Crippen molar-refractivity contribution in [1.82, 2.24) is 15.0 Å². The van der Waals surface area contributed by atoms with E-state index in [1.165, 1.54) is 0 Å². The molecule has 1 saturated carbocycles. The van der Waals surface area contributed by atoms with Crippen molar-refractivity contribution in [1.29, 1.82) is 0 Å². The summed E-state index contributed by atoms with van der Waals surface area (Å²) in [6, 6.07) is 9.27. The number of carboxylic acid groups (broad SMARTS) is 1. The van der Waals surface area contributed by atoms with E-state index in [0.717, 1.165) is 12.0 Å². The number of oxazole rings is 3.